The van der Waals surface area contributed by atoms with Crippen molar-refractivity contribution in [3.8, 4) is 0 Å². The lowest BCUT2D eigenvalue weighted by atomic mass is 9.62. The van der Waals surface area contributed by atoms with Gasteiger partial charge in [0, 0.05) is 6.42 Å². The first-order valence-electron chi connectivity index (χ1n) is 9.48. The van der Waals surface area contributed by atoms with Crippen molar-refractivity contribution in [2.45, 2.75) is 71.5 Å². The van der Waals surface area contributed by atoms with Gasteiger partial charge < -0.3 is 10.2 Å². The Morgan fingerprint density at radius 1 is 1.29 bits per heavy atom. The van der Waals surface area contributed by atoms with E-state index in [1.807, 2.05) is 0 Å². The smallest absolute Gasteiger partial charge is 0.0811 e. The van der Waals surface area contributed by atoms with E-state index in [0.29, 0.717) is 30.1 Å². The van der Waals surface area contributed by atoms with Gasteiger partial charge in [-0.25, -0.2) is 0 Å². The van der Waals surface area contributed by atoms with E-state index in [-0.39, 0.29) is 0 Å². The van der Waals surface area contributed by atoms with Crippen LogP contribution in [0, 0.1) is 17.3 Å². The highest BCUT2D eigenvalue weighted by atomic mass is 16.3. The summed E-state index contributed by atoms with van der Waals surface area (Å²) >= 11 is 0. The third-order valence-corrected chi connectivity index (χ3v) is 6.50. The maximum absolute atomic E-state index is 10.0. The largest absolute Gasteiger partial charge is 0.393 e. The molecule has 0 unspecified atom stereocenters. The van der Waals surface area contributed by atoms with Gasteiger partial charge in [-0.3, -0.25) is 0 Å². The molecule has 0 bridgehead atoms. The van der Waals surface area contributed by atoms with Crippen molar-refractivity contribution in [1.82, 2.24) is 0 Å². The third kappa shape index (κ3) is 3.07. The van der Waals surface area contributed by atoms with Gasteiger partial charge in [0.05, 0.1) is 12.2 Å². The molecule has 0 aliphatic heterocycles. The second-order valence-corrected chi connectivity index (χ2v) is 8.44. The molecule has 3 aliphatic rings. The van der Waals surface area contributed by atoms with Gasteiger partial charge in [-0.15, -0.1) is 0 Å². The fraction of sp³-hybridized carbons (Fsp3) is 0.636. The van der Waals surface area contributed by atoms with Gasteiger partial charge in [0.1, 0.15) is 0 Å². The molecule has 0 aromatic rings. The first-order valence-corrected chi connectivity index (χ1v) is 9.48. The maximum atomic E-state index is 10.0. The highest BCUT2D eigenvalue weighted by Crippen LogP contribution is 2.56. The summed E-state index contributed by atoms with van der Waals surface area (Å²) in [5, 5.41) is 19.9. The third-order valence-electron chi connectivity index (χ3n) is 6.50. The molecule has 2 saturated carbocycles. The molecule has 132 valence electrons. The molecule has 0 aromatic carbocycles. The van der Waals surface area contributed by atoms with Crippen LogP contribution >= 0.6 is 0 Å². The highest BCUT2D eigenvalue weighted by Gasteiger charge is 2.45. The van der Waals surface area contributed by atoms with Crippen molar-refractivity contribution >= 4 is 0 Å². The summed E-state index contributed by atoms with van der Waals surface area (Å²) in [5.41, 5.74) is 5.28. The van der Waals surface area contributed by atoms with Crippen LogP contribution in [0.2, 0.25) is 0 Å². The van der Waals surface area contributed by atoms with Crippen LogP contribution in [0.1, 0.15) is 59.3 Å². The predicted molar refractivity (Wildman–Crippen MR) is 99.5 cm³/mol. The Hall–Kier alpha value is -1.12. The summed E-state index contributed by atoms with van der Waals surface area (Å²) in [6.45, 7) is 11.1. The molecular formula is C22H32O2. The first kappa shape index (κ1) is 17.7. The van der Waals surface area contributed by atoms with E-state index in [9.17, 15) is 10.2 Å². The summed E-state index contributed by atoms with van der Waals surface area (Å²) in [6, 6.07) is 0. The van der Waals surface area contributed by atoms with Crippen molar-refractivity contribution in [2.24, 2.45) is 17.3 Å². The minimum Gasteiger partial charge on any atom is -0.393 e. The van der Waals surface area contributed by atoms with Gasteiger partial charge in [0.2, 0.25) is 0 Å². The summed E-state index contributed by atoms with van der Waals surface area (Å²) in [4.78, 5) is 0. The second-order valence-electron chi connectivity index (χ2n) is 8.44. The van der Waals surface area contributed by atoms with Crippen LogP contribution < -0.4 is 0 Å². The molecule has 24 heavy (non-hydrogen) atoms. The van der Waals surface area contributed by atoms with E-state index in [4.69, 9.17) is 0 Å². The minimum atomic E-state index is -0.601. The zero-order valence-corrected chi connectivity index (χ0v) is 15.4. The Morgan fingerprint density at radius 2 is 2.04 bits per heavy atom. The Labute approximate surface area is 146 Å². The zero-order chi connectivity index (χ0) is 17.5. The number of aliphatic hydroxyl groups excluding tert-OH is 2. The van der Waals surface area contributed by atoms with E-state index in [1.54, 1.807) is 5.57 Å². The van der Waals surface area contributed by atoms with Crippen molar-refractivity contribution in [3.63, 3.8) is 0 Å². The van der Waals surface area contributed by atoms with E-state index >= 15 is 0 Å². The molecule has 0 spiro atoms. The van der Waals surface area contributed by atoms with Gasteiger partial charge in [-0.05, 0) is 60.5 Å². The average molecular weight is 328 g/mol. The van der Waals surface area contributed by atoms with Gasteiger partial charge in [0.15, 0.2) is 0 Å². The van der Waals surface area contributed by atoms with Crippen molar-refractivity contribution in [1.29, 1.82) is 0 Å². The van der Waals surface area contributed by atoms with Crippen LogP contribution in [0.4, 0.5) is 0 Å². The highest BCUT2D eigenvalue weighted by molar-refractivity contribution is 5.40. The number of aliphatic hydroxyl groups is 2. The lowest BCUT2D eigenvalue weighted by molar-refractivity contribution is 0.0862. The van der Waals surface area contributed by atoms with Crippen LogP contribution in [0.5, 0.6) is 0 Å². The quantitative estimate of drug-likeness (QED) is 0.721. The number of hydrogen-bond acceptors (Lipinski definition) is 2. The van der Waals surface area contributed by atoms with Crippen molar-refractivity contribution in [2.75, 3.05) is 0 Å². The van der Waals surface area contributed by atoms with E-state index in [0.717, 1.165) is 17.6 Å². The van der Waals surface area contributed by atoms with Crippen LogP contribution in [-0.2, 0) is 0 Å². The standard InChI is InChI=1S/C22H32O2/c1-14(2)19-9-10-20-16(6-5-11-22(19,20)4)7-8-17-12-18(23)13-21(24)15(17)3/h7-9,14,18,20-21,23-24H,3,5-6,10-13H2,1-2,4H3/b16-7+,17-8-/t18-,20+,21+,22-/m1/s1. The minimum absolute atomic E-state index is 0.319. The summed E-state index contributed by atoms with van der Waals surface area (Å²) < 4.78 is 0. The molecule has 0 saturated heterocycles. The lowest BCUT2D eigenvalue weighted by Gasteiger charge is -2.42. The van der Waals surface area contributed by atoms with Crippen LogP contribution in [-0.4, -0.2) is 22.4 Å². The van der Waals surface area contributed by atoms with Crippen molar-refractivity contribution in [3.05, 3.63) is 47.1 Å². The zero-order valence-electron chi connectivity index (χ0n) is 15.4. The molecule has 0 radical (unpaired) electrons. The second kappa shape index (κ2) is 6.65. The van der Waals surface area contributed by atoms with Crippen molar-refractivity contribution < 1.29 is 10.2 Å². The molecule has 0 heterocycles. The normalized spacial score (nSPS) is 40.3. The molecule has 0 amide bonds. The number of fused-ring (bicyclic) bond motifs is 1. The number of rotatable bonds is 2. The van der Waals surface area contributed by atoms with E-state index in [2.05, 4.69) is 45.6 Å². The number of hydrogen-bond donors (Lipinski definition) is 2. The monoisotopic (exact) mass is 328 g/mol. The maximum Gasteiger partial charge on any atom is 0.0811 e. The fourth-order valence-electron chi connectivity index (χ4n) is 5.21. The van der Waals surface area contributed by atoms with E-state index < -0.39 is 12.2 Å². The van der Waals surface area contributed by atoms with Gasteiger partial charge in [-0.1, -0.05) is 56.7 Å². The Bertz CT molecular complexity index is 607. The molecular weight excluding hydrogens is 296 g/mol. The van der Waals surface area contributed by atoms with Crippen LogP contribution in [0.25, 0.3) is 0 Å². The Morgan fingerprint density at radius 3 is 2.75 bits per heavy atom. The topological polar surface area (TPSA) is 40.5 Å². The number of allylic oxidation sites excluding steroid dienone is 5. The molecule has 0 aromatic heterocycles. The SMILES string of the molecule is C=C1/C(=C\C=C2/CCC[C@]3(C)C(C(C)C)=CC[C@@H]23)C[C@@H](O)C[C@@H]1O. The van der Waals surface area contributed by atoms with Crippen LogP contribution in [0.3, 0.4) is 0 Å². The van der Waals surface area contributed by atoms with Crippen LogP contribution in [0.15, 0.2) is 47.1 Å². The molecule has 3 rings (SSSR count). The molecule has 2 fully saturated rings. The Kier molecular flexibility index (Phi) is 4.90. The van der Waals surface area contributed by atoms with Gasteiger partial charge in [0.25, 0.3) is 0 Å². The average Bonchev–Trinajstić information content (AvgIpc) is 2.87. The predicted octanol–water partition coefficient (Wildman–Crippen LogP) is 4.70. The Balaban J connectivity index is 1.84. The molecule has 2 N–H and O–H groups in total. The van der Waals surface area contributed by atoms with Gasteiger partial charge >= 0.3 is 0 Å². The summed E-state index contributed by atoms with van der Waals surface area (Å²) in [5.74, 6) is 1.24. The fourth-order valence-corrected chi connectivity index (χ4v) is 5.21. The summed E-state index contributed by atoms with van der Waals surface area (Å²) in [6.07, 6.45) is 11.7. The molecule has 4 atom stereocenters. The summed E-state index contributed by atoms with van der Waals surface area (Å²) in [7, 11) is 0. The first-order chi connectivity index (χ1) is 11.3. The molecule has 2 heteroatoms. The lowest BCUT2D eigenvalue weighted by Crippen LogP contribution is -2.32. The van der Waals surface area contributed by atoms with E-state index in [1.165, 1.54) is 24.8 Å². The molecule has 2 nitrogen and oxygen atoms in total. The molecule has 3 aliphatic carbocycles. The van der Waals surface area contributed by atoms with Gasteiger partial charge in [-0.2, -0.15) is 0 Å².